The molecule has 29 heavy (non-hydrogen) atoms. The molecule has 0 radical (unpaired) electrons. The summed E-state index contributed by atoms with van der Waals surface area (Å²) in [6.07, 6.45) is 0. The van der Waals surface area contributed by atoms with Crippen LogP contribution in [0.4, 0.5) is 17.3 Å². The molecule has 0 saturated heterocycles. The third-order valence-electron chi connectivity index (χ3n) is 4.76. The maximum Gasteiger partial charge on any atom is 0.366 e. The molecule has 0 fully saturated rings. The maximum absolute atomic E-state index is 13.0. The summed E-state index contributed by atoms with van der Waals surface area (Å²) in [6.45, 7) is 8.46. The Morgan fingerprint density at radius 1 is 1.28 bits per heavy atom. The summed E-state index contributed by atoms with van der Waals surface area (Å²) in [5.41, 5.74) is 1.23. The Morgan fingerprint density at radius 3 is 2.62 bits per heavy atom. The van der Waals surface area contributed by atoms with Crippen molar-refractivity contribution in [2.45, 2.75) is 46.3 Å². The number of amides is 2. The van der Waals surface area contributed by atoms with Crippen molar-refractivity contribution in [1.82, 2.24) is 4.98 Å². The Bertz CT molecular complexity index is 1020. The van der Waals surface area contributed by atoms with E-state index in [2.05, 4.69) is 10.3 Å². The van der Waals surface area contributed by atoms with E-state index >= 15 is 0 Å². The average molecular weight is 398 g/mol. The summed E-state index contributed by atoms with van der Waals surface area (Å²) in [4.78, 5) is 41.6. The summed E-state index contributed by atoms with van der Waals surface area (Å²) in [5.74, 6) is -1.24. The number of ether oxygens (including phenoxy) is 1. The van der Waals surface area contributed by atoms with Crippen molar-refractivity contribution in [2.75, 3.05) is 10.2 Å². The Morgan fingerprint density at radius 2 is 1.97 bits per heavy atom. The zero-order valence-electron chi connectivity index (χ0n) is 16.8. The van der Waals surface area contributed by atoms with Crippen LogP contribution >= 0.6 is 0 Å². The Hall–Kier alpha value is -3.49. The van der Waals surface area contributed by atoms with Gasteiger partial charge < -0.3 is 20.2 Å². The predicted octanol–water partition coefficient (Wildman–Crippen LogP) is 3.14. The van der Waals surface area contributed by atoms with Crippen LogP contribution in [0.3, 0.4) is 0 Å². The van der Waals surface area contributed by atoms with E-state index in [-0.39, 0.29) is 11.6 Å². The van der Waals surface area contributed by atoms with Crippen molar-refractivity contribution in [3.05, 3.63) is 51.6 Å². The minimum absolute atomic E-state index is 0.0489. The van der Waals surface area contributed by atoms with Crippen molar-refractivity contribution >= 4 is 29.1 Å². The van der Waals surface area contributed by atoms with Crippen molar-refractivity contribution < 1.29 is 19.2 Å². The number of carbonyl (C=O) groups excluding carboxylic acids is 2. The van der Waals surface area contributed by atoms with Crippen LogP contribution in [0, 0.1) is 24.0 Å². The molecule has 1 N–H and O–H groups in total. The van der Waals surface area contributed by atoms with Crippen molar-refractivity contribution in [3.8, 4) is 5.75 Å². The molecule has 1 aliphatic rings. The van der Waals surface area contributed by atoms with Crippen LogP contribution in [-0.2, 0) is 9.59 Å². The van der Waals surface area contributed by atoms with E-state index in [0.29, 0.717) is 5.69 Å². The first-order valence-electron chi connectivity index (χ1n) is 9.07. The molecule has 3 rings (SSSR count). The lowest BCUT2D eigenvalue weighted by atomic mass is 10.0. The molecule has 152 valence electrons. The molecular weight excluding hydrogens is 376 g/mol. The first-order valence-corrected chi connectivity index (χ1v) is 9.07. The largest absolute Gasteiger partial charge is 0.472 e. The number of nitrogens with one attached hydrogen (secondary N) is 1. The van der Waals surface area contributed by atoms with E-state index < -0.39 is 34.2 Å². The fourth-order valence-electron chi connectivity index (χ4n) is 3.07. The molecule has 0 spiro atoms. The number of fused-ring (bicyclic) bond motifs is 1. The van der Waals surface area contributed by atoms with E-state index in [1.807, 2.05) is 32.0 Å². The molecule has 0 aliphatic carbocycles. The molecule has 2 heterocycles. The number of pyridine rings is 1. The standard InChI is InChI=1S/C20H22N4O5/c1-11-6-7-12(2)14(10-11)21-18(25)13(3)23-17-15(29-20(4,5)19(23)26)8-9-16(22-17)24(27)28/h6-10,13H,1-5H3,(H,21,25). The highest BCUT2D eigenvalue weighted by Crippen LogP contribution is 2.38. The molecule has 1 aliphatic heterocycles. The van der Waals surface area contributed by atoms with Crippen LogP contribution in [0.2, 0.25) is 0 Å². The number of carbonyl (C=O) groups is 2. The third kappa shape index (κ3) is 3.75. The SMILES string of the molecule is Cc1ccc(C)c(NC(=O)C(C)N2C(=O)C(C)(C)Oc3ccc([N+](=O)[O-])nc32)c1. The topological polar surface area (TPSA) is 115 Å². The molecule has 9 heteroatoms. The molecule has 9 nitrogen and oxygen atoms in total. The van der Waals surface area contributed by atoms with E-state index in [1.165, 1.54) is 12.1 Å². The highest BCUT2D eigenvalue weighted by molar-refractivity contribution is 6.08. The first kappa shape index (κ1) is 20.2. The van der Waals surface area contributed by atoms with Crippen molar-refractivity contribution in [3.63, 3.8) is 0 Å². The van der Waals surface area contributed by atoms with Crippen molar-refractivity contribution in [1.29, 1.82) is 0 Å². The Labute approximate surface area is 167 Å². The molecule has 1 atom stereocenters. The summed E-state index contributed by atoms with van der Waals surface area (Å²) in [5, 5.41) is 14.0. The van der Waals surface area contributed by atoms with Crippen LogP contribution in [0.25, 0.3) is 0 Å². The Balaban J connectivity index is 2.00. The zero-order valence-corrected chi connectivity index (χ0v) is 16.8. The lowest BCUT2D eigenvalue weighted by Crippen LogP contribution is -2.58. The monoisotopic (exact) mass is 398 g/mol. The number of nitro groups is 1. The van der Waals surface area contributed by atoms with Crippen LogP contribution in [0.15, 0.2) is 30.3 Å². The number of aromatic nitrogens is 1. The second kappa shape index (κ2) is 7.16. The first-order chi connectivity index (χ1) is 13.5. The van der Waals surface area contributed by atoms with E-state index in [1.54, 1.807) is 20.8 Å². The van der Waals surface area contributed by atoms with Gasteiger partial charge in [0.15, 0.2) is 11.4 Å². The van der Waals surface area contributed by atoms with E-state index in [4.69, 9.17) is 4.74 Å². The van der Waals surface area contributed by atoms with Gasteiger partial charge in [-0.2, -0.15) is 0 Å². The molecule has 0 saturated carbocycles. The second-order valence-electron chi connectivity index (χ2n) is 7.52. The van der Waals surface area contributed by atoms with Gasteiger partial charge in [-0.15, -0.1) is 0 Å². The van der Waals surface area contributed by atoms with Gasteiger partial charge in [-0.1, -0.05) is 12.1 Å². The number of benzene rings is 1. The van der Waals surface area contributed by atoms with Crippen LogP contribution < -0.4 is 15.0 Å². The van der Waals surface area contributed by atoms with Gasteiger partial charge in [0.2, 0.25) is 5.91 Å². The quantitative estimate of drug-likeness (QED) is 0.625. The minimum Gasteiger partial charge on any atom is -0.472 e. The number of aryl methyl sites for hydroxylation is 2. The molecular formula is C20H22N4O5. The van der Waals surface area contributed by atoms with Gasteiger partial charge in [-0.25, -0.2) is 0 Å². The molecule has 2 aromatic rings. The number of anilines is 2. The van der Waals surface area contributed by atoms with Gasteiger partial charge in [0.05, 0.1) is 0 Å². The highest BCUT2D eigenvalue weighted by Gasteiger charge is 2.47. The van der Waals surface area contributed by atoms with Gasteiger partial charge in [0.25, 0.3) is 11.7 Å². The molecule has 1 aromatic heterocycles. The molecule has 1 aromatic carbocycles. The fraction of sp³-hybridized carbons (Fsp3) is 0.350. The minimum atomic E-state index is -1.25. The number of hydrogen-bond acceptors (Lipinski definition) is 6. The number of hydrogen-bond donors (Lipinski definition) is 1. The van der Waals surface area contributed by atoms with Gasteiger partial charge in [0.1, 0.15) is 6.04 Å². The van der Waals surface area contributed by atoms with E-state index in [9.17, 15) is 19.7 Å². The van der Waals surface area contributed by atoms with Crippen molar-refractivity contribution in [2.24, 2.45) is 0 Å². The second-order valence-corrected chi connectivity index (χ2v) is 7.52. The van der Waals surface area contributed by atoms with E-state index in [0.717, 1.165) is 16.0 Å². The molecule has 0 bridgehead atoms. The number of nitrogens with zero attached hydrogens (tertiary/aromatic N) is 3. The zero-order chi connectivity index (χ0) is 21.5. The average Bonchev–Trinajstić information content (AvgIpc) is 2.64. The molecule has 1 unspecified atom stereocenters. The van der Waals surface area contributed by atoms with Crippen LogP contribution in [0.1, 0.15) is 31.9 Å². The lowest BCUT2D eigenvalue weighted by molar-refractivity contribution is -0.389. The summed E-state index contributed by atoms with van der Waals surface area (Å²) < 4.78 is 5.67. The van der Waals surface area contributed by atoms with Gasteiger partial charge >= 0.3 is 5.82 Å². The Kier molecular flexibility index (Phi) is 5.00. The maximum atomic E-state index is 13.0. The molecule has 2 amide bonds. The van der Waals surface area contributed by atoms with Gasteiger partial charge in [-0.05, 0) is 67.8 Å². The van der Waals surface area contributed by atoms with Gasteiger partial charge in [-0.3, -0.25) is 14.5 Å². The summed E-state index contributed by atoms with van der Waals surface area (Å²) in [7, 11) is 0. The van der Waals surface area contributed by atoms with Gasteiger partial charge in [0, 0.05) is 11.8 Å². The third-order valence-corrected chi connectivity index (χ3v) is 4.76. The predicted molar refractivity (Wildman–Crippen MR) is 107 cm³/mol. The highest BCUT2D eigenvalue weighted by atomic mass is 16.6. The normalized spacial score (nSPS) is 15.9. The van der Waals surface area contributed by atoms with Crippen LogP contribution in [-0.4, -0.2) is 33.4 Å². The summed E-state index contributed by atoms with van der Waals surface area (Å²) >= 11 is 0. The lowest BCUT2D eigenvalue weighted by Gasteiger charge is -2.38. The smallest absolute Gasteiger partial charge is 0.366 e. The summed E-state index contributed by atoms with van der Waals surface area (Å²) in [6, 6.07) is 7.27. The fourth-order valence-corrected chi connectivity index (χ4v) is 3.07. The number of rotatable bonds is 4. The van der Waals surface area contributed by atoms with Crippen LogP contribution in [0.5, 0.6) is 5.75 Å².